The van der Waals surface area contributed by atoms with Crippen LogP contribution in [-0.4, -0.2) is 25.9 Å². The lowest BCUT2D eigenvalue weighted by atomic mass is 10.1. The predicted molar refractivity (Wildman–Crippen MR) is 58.5 cm³/mol. The van der Waals surface area contributed by atoms with Crippen molar-refractivity contribution in [3.63, 3.8) is 0 Å². The minimum Gasteiger partial charge on any atom is -0.497 e. The minimum atomic E-state index is -0.878. The van der Waals surface area contributed by atoms with Crippen LogP contribution in [0.3, 0.4) is 0 Å². The average molecular weight is 223 g/mol. The molecular formula is C10H13N3O3. The second-order valence-corrected chi connectivity index (χ2v) is 3.04. The van der Waals surface area contributed by atoms with Gasteiger partial charge in [-0.3, -0.25) is 0 Å². The van der Waals surface area contributed by atoms with Crippen LogP contribution >= 0.6 is 0 Å². The maximum Gasteiger partial charge on any atom is 0.128 e. The van der Waals surface area contributed by atoms with E-state index >= 15 is 0 Å². The quantitative estimate of drug-likeness (QED) is 0.470. The van der Waals surface area contributed by atoms with Crippen molar-refractivity contribution in [1.29, 1.82) is 0 Å². The molecule has 0 amide bonds. The van der Waals surface area contributed by atoms with Gasteiger partial charge in [-0.25, -0.2) is 0 Å². The Kier molecular flexibility index (Phi) is 4.44. The van der Waals surface area contributed by atoms with Crippen molar-refractivity contribution >= 4 is 0 Å². The van der Waals surface area contributed by atoms with E-state index in [1.807, 2.05) is 0 Å². The summed E-state index contributed by atoms with van der Waals surface area (Å²) in [6.07, 6.45) is -0.878. The summed E-state index contributed by atoms with van der Waals surface area (Å²) in [6, 6.07) is 5.04. The first kappa shape index (κ1) is 12.2. The summed E-state index contributed by atoms with van der Waals surface area (Å²) in [5.74, 6) is 1.14. The first-order chi connectivity index (χ1) is 7.72. The lowest BCUT2D eigenvalue weighted by molar-refractivity contribution is 0.182. The normalized spacial score (nSPS) is 11.4. The fourth-order valence-corrected chi connectivity index (χ4v) is 1.31. The fourth-order valence-electron chi connectivity index (χ4n) is 1.31. The molecule has 16 heavy (non-hydrogen) atoms. The summed E-state index contributed by atoms with van der Waals surface area (Å²) in [6.45, 7) is -0.0286. The van der Waals surface area contributed by atoms with E-state index in [0.29, 0.717) is 17.1 Å². The number of methoxy groups -OCH3 is 2. The Bertz CT molecular complexity index is 402. The number of rotatable bonds is 5. The molecule has 1 aromatic rings. The van der Waals surface area contributed by atoms with Crippen molar-refractivity contribution in [2.45, 2.75) is 6.10 Å². The Balaban J connectivity index is 2.98. The SMILES string of the molecule is COc1ccc([C@H](O)CN=[N+]=[N-])c(OC)c1. The lowest BCUT2D eigenvalue weighted by Gasteiger charge is -2.13. The zero-order valence-corrected chi connectivity index (χ0v) is 9.12. The summed E-state index contributed by atoms with van der Waals surface area (Å²) >= 11 is 0. The molecule has 0 spiro atoms. The fraction of sp³-hybridized carbons (Fsp3) is 0.400. The van der Waals surface area contributed by atoms with Crippen LogP contribution in [0.1, 0.15) is 11.7 Å². The van der Waals surface area contributed by atoms with Gasteiger partial charge in [-0.15, -0.1) is 0 Å². The Labute approximate surface area is 93.0 Å². The monoisotopic (exact) mass is 223 g/mol. The number of azide groups is 1. The number of hydrogen-bond donors (Lipinski definition) is 1. The van der Waals surface area contributed by atoms with Gasteiger partial charge in [0.25, 0.3) is 0 Å². The zero-order chi connectivity index (χ0) is 12.0. The van der Waals surface area contributed by atoms with Crippen LogP contribution in [0.4, 0.5) is 0 Å². The molecule has 0 aliphatic carbocycles. The van der Waals surface area contributed by atoms with Crippen LogP contribution in [0.5, 0.6) is 11.5 Å². The average Bonchev–Trinajstić information content (AvgIpc) is 2.34. The van der Waals surface area contributed by atoms with Gasteiger partial charge in [0.05, 0.1) is 26.9 Å². The molecule has 6 heteroatoms. The molecule has 1 rings (SSSR count). The summed E-state index contributed by atoms with van der Waals surface area (Å²) in [5, 5.41) is 13.1. The minimum absolute atomic E-state index is 0.0286. The molecule has 6 nitrogen and oxygen atoms in total. The van der Waals surface area contributed by atoms with Crippen LogP contribution < -0.4 is 9.47 Å². The number of aliphatic hydroxyl groups excluding tert-OH is 1. The molecule has 0 heterocycles. The Morgan fingerprint density at radius 1 is 1.44 bits per heavy atom. The van der Waals surface area contributed by atoms with E-state index < -0.39 is 6.10 Å². The third-order valence-electron chi connectivity index (χ3n) is 2.12. The van der Waals surface area contributed by atoms with E-state index in [1.165, 1.54) is 7.11 Å². The molecule has 0 saturated carbocycles. The molecule has 0 saturated heterocycles. The second kappa shape index (κ2) is 5.85. The van der Waals surface area contributed by atoms with Gasteiger partial charge in [-0.2, -0.15) is 0 Å². The highest BCUT2D eigenvalue weighted by molar-refractivity contribution is 5.42. The summed E-state index contributed by atoms with van der Waals surface area (Å²) < 4.78 is 10.1. The molecule has 0 aromatic heterocycles. The first-order valence-corrected chi connectivity index (χ1v) is 4.63. The van der Waals surface area contributed by atoms with Gasteiger partial charge in [0, 0.05) is 16.5 Å². The number of ether oxygens (including phenoxy) is 2. The molecule has 86 valence electrons. The third-order valence-corrected chi connectivity index (χ3v) is 2.12. The molecule has 1 N–H and O–H groups in total. The van der Waals surface area contributed by atoms with E-state index in [0.717, 1.165) is 0 Å². The topological polar surface area (TPSA) is 87.5 Å². The van der Waals surface area contributed by atoms with E-state index in [1.54, 1.807) is 25.3 Å². The maximum atomic E-state index is 9.74. The number of benzene rings is 1. The predicted octanol–water partition coefficient (Wildman–Crippen LogP) is 2.05. The van der Waals surface area contributed by atoms with Crippen molar-refractivity contribution in [3.05, 3.63) is 34.2 Å². The van der Waals surface area contributed by atoms with E-state index in [-0.39, 0.29) is 6.54 Å². The molecule has 0 fully saturated rings. The summed E-state index contributed by atoms with van der Waals surface area (Å²) in [4.78, 5) is 2.59. The van der Waals surface area contributed by atoms with Gasteiger partial charge in [0.2, 0.25) is 0 Å². The Morgan fingerprint density at radius 3 is 2.75 bits per heavy atom. The first-order valence-electron chi connectivity index (χ1n) is 4.63. The number of nitrogens with zero attached hydrogens (tertiary/aromatic N) is 3. The highest BCUT2D eigenvalue weighted by Gasteiger charge is 2.13. The maximum absolute atomic E-state index is 9.74. The van der Waals surface area contributed by atoms with Crippen molar-refractivity contribution in [2.75, 3.05) is 20.8 Å². The van der Waals surface area contributed by atoms with Crippen LogP contribution in [-0.2, 0) is 0 Å². The Hall–Kier alpha value is -1.91. The van der Waals surface area contributed by atoms with Crippen LogP contribution in [0.25, 0.3) is 10.4 Å². The highest BCUT2D eigenvalue weighted by Crippen LogP contribution is 2.29. The Morgan fingerprint density at radius 2 is 2.19 bits per heavy atom. The van der Waals surface area contributed by atoms with Crippen LogP contribution in [0, 0.1) is 0 Å². The summed E-state index contributed by atoms with van der Waals surface area (Å²) in [5.41, 5.74) is 8.73. The molecule has 1 aromatic carbocycles. The van der Waals surface area contributed by atoms with Crippen molar-refractivity contribution in [3.8, 4) is 11.5 Å². The van der Waals surface area contributed by atoms with Gasteiger partial charge in [0.1, 0.15) is 11.5 Å². The van der Waals surface area contributed by atoms with Gasteiger partial charge in [0.15, 0.2) is 0 Å². The van der Waals surface area contributed by atoms with Gasteiger partial charge >= 0.3 is 0 Å². The van der Waals surface area contributed by atoms with Gasteiger partial charge < -0.3 is 14.6 Å². The van der Waals surface area contributed by atoms with E-state index in [9.17, 15) is 5.11 Å². The molecule has 0 aliphatic heterocycles. The van der Waals surface area contributed by atoms with Gasteiger partial charge in [-0.05, 0) is 17.7 Å². The number of aliphatic hydroxyl groups is 1. The van der Waals surface area contributed by atoms with Crippen LogP contribution in [0.15, 0.2) is 23.3 Å². The van der Waals surface area contributed by atoms with Gasteiger partial charge in [-0.1, -0.05) is 5.11 Å². The molecule has 0 bridgehead atoms. The highest BCUT2D eigenvalue weighted by atomic mass is 16.5. The summed E-state index contributed by atoms with van der Waals surface area (Å²) in [7, 11) is 3.05. The smallest absolute Gasteiger partial charge is 0.128 e. The van der Waals surface area contributed by atoms with Crippen molar-refractivity contribution < 1.29 is 14.6 Å². The van der Waals surface area contributed by atoms with E-state index in [4.69, 9.17) is 15.0 Å². The number of hydrogen-bond acceptors (Lipinski definition) is 4. The molecule has 0 aliphatic rings. The zero-order valence-electron chi connectivity index (χ0n) is 9.12. The van der Waals surface area contributed by atoms with Crippen molar-refractivity contribution in [2.24, 2.45) is 5.11 Å². The second-order valence-electron chi connectivity index (χ2n) is 3.04. The molecule has 0 radical (unpaired) electrons. The standard InChI is InChI=1S/C10H13N3O3/c1-15-7-3-4-8(10(5-7)16-2)9(14)6-12-13-11/h3-5,9,14H,6H2,1-2H3/t9-/m1/s1. The molecule has 0 unspecified atom stereocenters. The van der Waals surface area contributed by atoms with Crippen LogP contribution in [0.2, 0.25) is 0 Å². The molecule has 1 atom stereocenters. The molecular weight excluding hydrogens is 210 g/mol. The third kappa shape index (κ3) is 2.79. The van der Waals surface area contributed by atoms with E-state index in [2.05, 4.69) is 10.0 Å². The largest absolute Gasteiger partial charge is 0.497 e. The lowest BCUT2D eigenvalue weighted by Crippen LogP contribution is -2.03. The van der Waals surface area contributed by atoms with Crippen molar-refractivity contribution in [1.82, 2.24) is 0 Å².